The molecule has 0 N–H and O–H groups in total. The van der Waals surface area contributed by atoms with Crippen molar-refractivity contribution in [3.8, 4) is 5.75 Å². The van der Waals surface area contributed by atoms with Gasteiger partial charge in [-0.05, 0) is 61.1 Å². The Morgan fingerprint density at radius 1 is 1.11 bits per heavy atom. The van der Waals surface area contributed by atoms with Crippen molar-refractivity contribution in [1.82, 2.24) is 4.90 Å². The van der Waals surface area contributed by atoms with Gasteiger partial charge in [-0.15, -0.1) is 0 Å². The molecule has 1 aliphatic carbocycles. The molecule has 3 unspecified atom stereocenters. The summed E-state index contributed by atoms with van der Waals surface area (Å²) in [5, 5.41) is 0. The first-order valence-corrected chi connectivity index (χ1v) is 10.4. The lowest BCUT2D eigenvalue weighted by atomic mass is 10.1. The number of nitrogens with zero attached hydrogens (tertiary/aromatic N) is 2. The quantitative estimate of drug-likeness (QED) is 0.730. The molecule has 1 amide bonds. The van der Waals surface area contributed by atoms with E-state index in [0.29, 0.717) is 24.3 Å². The second-order valence-corrected chi connectivity index (χ2v) is 7.96. The van der Waals surface area contributed by atoms with E-state index in [9.17, 15) is 4.79 Å². The van der Waals surface area contributed by atoms with Crippen molar-refractivity contribution >= 4 is 11.6 Å². The van der Waals surface area contributed by atoms with Crippen LogP contribution in [0.15, 0.2) is 54.6 Å². The SMILES string of the molecule is CCC(=O)N(c1ccc(OC)cc1)C1C2CCN(CCc3ccccc3)CC21. The molecule has 28 heavy (non-hydrogen) atoms. The summed E-state index contributed by atoms with van der Waals surface area (Å²) in [6.45, 7) is 5.30. The van der Waals surface area contributed by atoms with Crippen LogP contribution in [0.5, 0.6) is 5.75 Å². The smallest absolute Gasteiger partial charge is 0.226 e. The van der Waals surface area contributed by atoms with E-state index in [0.717, 1.165) is 37.5 Å². The number of carbonyl (C=O) groups is 1. The third-order valence-electron chi connectivity index (χ3n) is 6.31. The molecule has 0 aromatic heterocycles. The van der Waals surface area contributed by atoms with Gasteiger partial charge in [0.2, 0.25) is 5.91 Å². The summed E-state index contributed by atoms with van der Waals surface area (Å²) < 4.78 is 5.27. The first-order valence-electron chi connectivity index (χ1n) is 10.4. The average molecular weight is 379 g/mol. The first kappa shape index (κ1) is 19.0. The van der Waals surface area contributed by atoms with E-state index < -0.39 is 0 Å². The van der Waals surface area contributed by atoms with Crippen LogP contribution in [-0.2, 0) is 11.2 Å². The van der Waals surface area contributed by atoms with E-state index >= 15 is 0 Å². The number of hydrogen-bond acceptors (Lipinski definition) is 3. The molecule has 148 valence electrons. The molecule has 2 fully saturated rings. The summed E-state index contributed by atoms with van der Waals surface area (Å²) in [7, 11) is 1.67. The fourth-order valence-electron chi connectivity index (χ4n) is 4.69. The van der Waals surface area contributed by atoms with Crippen LogP contribution < -0.4 is 9.64 Å². The Balaban J connectivity index is 1.41. The largest absolute Gasteiger partial charge is 0.497 e. The number of rotatable bonds is 7. The zero-order valence-electron chi connectivity index (χ0n) is 16.9. The van der Waals surface area contributed by atoms with Crippen LogP contribution in [0.4, 0.5) is 5.69 Å². The van der Waals surface area contributed by atoms with Crippen molar-refractivity contribution in [3.05, 3.63) is 60.2 Å². The molecule has 4 heteroatoms. The van der Waals surface area contributed by atoms with Crippen LogP contribution in [0.3, 0.4) is 0 Å². The summed E-state index contributed by atoms with van der Waals surface area (Å²) in [6.07, 6.45) is 2.83. The second kappa shape index (κ2) is 8.36. The maximum absolute atomic E-state index is 12.8. The minimum absolute atomic E-state index is 0.223. The van der Waals surface area contributed by atoms with E-state index in [4.69, 9.17) is 4.74 Å². The van der Waals surface area contributed by atoms with Crippen LogP contribution in [0.1, 0.15) is 25.3 Å². The topological polar surface area (TPSA) is 32.8 Å². The molecule has 2 aromatic rings. The van der Waals surface area contributed by atoms with Crippen molar-refractivity contribution in [2.75, 3.05) is 31.6 Å². The predicted molar refractivity (Wildman–Crippen MR) is 113 cm³/mol. The summed E-state index contributed by atoms with van der Waals surface area (Å²) in [5.41, 5.74) is 2.40. The summed E-state index contributed by atoms with van der Waals surface area (Å²) in [4.78, 5) is 17.4. The van der Waals surface area contributed by atoms with Crippen LogP contribution in [0.2, 0.25) is 0 Å². The number of anilines is 1. The Morgan fingerprint density at radius 2 is 1.86 bits per heavy atom. The van der Waals surface area contributed by atoms with Crippen LogP contribution in [-0.4, -0.2) is 43.6 Å². The third kappa shape index (κ3) is 3.93. The van der Waals surface area contributed by atoms with Crippen molar-refractivity contribution < 1.29 is 9.53 Å². The molecule has 0 spiro atoms. The van der Waals surface area contributed by atoms with Gasteiger partial charge in [0.15, 0.2) is 0 Å². The van der Waals surface area contributed by atoms with E-state index in [1.54, 1.807) is 7.11 Å². The molecule has 1 saturated carbocycles. The van der Waals surface area contributed by atoms with Crippen molar-refractivity contribution in [3.63, 3.8) is 0 Å². The first-order chi connectivity index (χ1) is 13.7. The minimum atomic E-state index is 0.223. The van der Waals surface area contributed by atoms with E-state index in [1.165, 1.54) is 12.0 Å². The molecule has 0 bridgehead atoms. The van der Waals surface area contributed by atoms with Crippen molar-refractivity contribution in [2.45, 2.75) is 32.2 Å². The lowest BCUT2D eigenvalue weighted by Crippen LogP contribution is -2.35. The molecule has 1 saturated heterocycles. The second-order valence-electron chi connectivity index (χ2n) is 7.96. The zero-order chi connectivity index (χ0) is 19.5. The van der Waals surface area contributed by atoms with Gasteiger partial charge < -0.3 is 14.5 Å². The highest BCUT2D eigenvalue weighted by molar-refractivity contribution is 5.94. The standard InChI is InChI=1S/C24H30N2O2/c1-3-23(27)26(19-9-11-20(28-2)12-10-19)24-21-14-16-25(17-22(21)24)15-13-18-7-5-4-6-8-18/h4-12,21-22,24H,3,13-17H2,1-2H3. The molecule has 3 atom stereocenters. The Kier molecular flexibility index (Phi) is 5.67. The third-order valence-corrected chi connectivity index (χ3v) is 6.31. The molecule has 1 aliphatic heterocycles. The van der Waals surface area contributed by atoms with Gasteiger partial charge in [-0.25, -0.2) is 0 Å². The van der Waals surface area contributed by atoms with Crippen LogP contribution in [0, 0.1) is 11.8 Å². The number of hydrogen-bond donors (Lipinski definition) is 0. The normalized spacial score (nSPS) is 23.7. The highest BCUT2D eigenvalue weighted by Gasteiger charge is 2.56. The zero-order valence-corrected chi connectivity index (χ0v) is 16.9. The van der Waals surface area contributed by atoms with E-state index in [2.05, 4.69) is 40.1 Å². The molecular formula is C24H30N2O2. The predicted octanol–water partition coefficient (Wildman–Crippen LogP) is 4.00. The van der Waals surface area contributed by atoms with Gasteiger partial charge >= 0.3 is 0 Å². The number of ether oxygens (including phenoxy) is 1. The Morgan fingerprint density at radius 3 is 2.54 bits per heavy atom. The average Bonchev–Trinajstić information content (AvgIpc) is 3.46. The molecule has 0 radical (unpaired) electrons. The van der Waals surface area contributed by atoms with Gasteiger partial charge in [-0.2, -0.15) is 0 Å². The van der Waals surface area contributed by atoms with Gasteiger partial charge in [0.1, 0.15) is 5.75 Å². The number of methoxy groups -OCH3 is 1. The van der Waals surface area contributed by atoms with Gasteiger partial charge in [0.25, 0.3) is 0 Å². The van der Waals surface area contributed by atoms with Gasteiger partial charge in [-0.3, -0.25) is 4.79 Å². The van der Waals surface area contributed by atoms with Crippen molar-refractivity contribution in [1.29, 1.82) is 0 Å². The highest BCUT2D eigenvalue weighted by Crippen LogP contribution is 2.50. The van der Waals surface area contributed by atoms with E-state index in [1.807, 2.05) is 31.2 Å². The molecule has 2 aromatic carbocycles. The summed E-state index contributed by atoms with van der Waals surface area (Å²) >= 11 is 0. The number of benzene rings is 2. The lowest BCUT2D eigenvalue weighted by molar-refractivity contribution is -0.118. The maximum atomic E-state index is 12.8. The van der Waals surface area contributed by atoms with Crippen LogP contribution in [0.25, 0.3) is 0 Å². The Hall–Kier alpha value is -2.33. The van der Waals surface area contributed by atoms with E-state index in [-0.39, 0.29) is 5.91 Å². The number of fused-ring (bicyclic) bond motifs is 1. The summed E-state index contributed by atoms with van der Waals surface area (Å²) in [6, 6.07) is 19.0. The minimum Gasteiger partial charge on any atom is -0.497 e. The fraction of sp³-hybridized carbons (Fsp3) is 0.458. The van der Waals surface area contributed by atoms with Crippen molar-refractivity contribution in [2.24, 2.45) is 11.8 Å². The fourth-order valence-corrected chi connectivity index (χ4v) is 4.69. The molecule has 2 aliphatic rings. The Bertz CT molecular complexity index is 790. The molecular weight excluding hydrogens is 348 g/mol. The molecule has 4 rings (SSSR count). The number of piperidine rings is 1. The summed E-state index contributed by atoms with van der Waals surface area (Å²) in [5.74, 6) is 2.29. The maximum Gasteiger partial charge on any atom is 0.226 e. The monoisotopic (exact) mass is 378 g/mol. The lowest BCUT2D eigenvalue weighted by Gasteiger charge is -2.26. The van der Waals surface area contributed by atoms with Gasteiger partial charge in [0, 0.05) is 31.2 Å². The highest BCUT2D eigenvalue weighted by atomic mass is 16.5. The molecule has 1 heterocycles. The van der Waals surface area contributed by atoms with Gasteiger partial charge in [0.05, 0.1) is 7.11 Å². The molecule has 4 nitrogen and oxygen atoms in total. The number of amides is 1. The Labute approximate surface area is 168 Å². The van der Waals surface area contributed by atoms with Gasteiger partial charge in [-0.1, -0.05) is 37.3 Å². The number of likely N-dealkylation sites (tertiary alicyclic amines) is 1. The van der Waals surface area contributed by atoms with Crippen LogP contribution >= 0.6 is 0 Å². The number of carbonyl (C=O) groups excluding carboxylic acids is 1.